The van der Waals surface area contributed by atoms with E-state index in [0.717, 1.165) is 0 Å². The van der Waals surface area contributed by atoms with E-state index in [9.17, 15) is 14.9 Å². The molecule has 1 heterocycles. The second-order valence-electron chi connectivity index (χ2n) is 5.20. The molecule has 0 aliphatic heterocycles. The molecule has 1 amide bonds. The number of carbonyl (C=O) groups excluding carboxylic acids is 1. The molecule has 0 bridgehead atoms. The molecular weight excluding hydrogens is 320 g/mol. The van der Waals surface area contributed by atoms with Crippen LogP contribution in [0, 0.1) is 17.0 Å². The minimum Gasteiger partial charge on any atom is -0.336 e. The van der Waals surface area contributed by atoms with E-state index in [-0.39, 0.29) is 23.7 Å². The van der Waals surface area contributed by atoms with Crippen LogP contribution in [-0.2, 0) is 13.1 Å². The molecule has 1 aromatic carbocycles. The van der Waals surface area contributed by atoms with Gasteiger partial charge in [0.05, 0.1) is 16.5 Å². The van der Waals surface area contributed by atoms with Crippen LogP contribution in [0.1, 0.15) is 28.5 Å². The summed E-state index contributed by atoms with van der Waals surface area (Å²) in [7, 11) is 1.61. The summed E-state index contributed by atoms with van der Waals surface area (Å²) < 4.78 is 1.69. The Labute approximate surface area is 138 Å². The van der Waals surface area contributed by atoms with Gasteiger partial charge in [-0.25, -0.2) is 0 Å². The Bertz CT molecular complexity index is 757. The Balaban J connectivity index is 2.21. The van der Waals surface area contributed by atoms with Crippen LogP contribution in [0.4, 0.5) is 5.69 Å². The van der Waals surface area contributed by atoms with Crippen molar-refractivity contribution in [3.63, 3.8) is 0 Å². The Kier molecular flexibility index (Phi) is 5.00. The van der Waals surface area contributed by atoms with Crippen LogP contribution in [0.15, 0.2) is 24.4 Å². The normalized spacial score (nSPS) is 10.6. The number of nitrogens with zero attached hydrogens (tertiary/aromatic N) is 4. The maximum Gasteiger partial charge on any atom is 0.273 e. The molecular formula is C15H17ClN4O3. The molecule has 0 radical (unpaired) electrons. The first-order valence-electron chi connectivity index (χ1n) is 7.05. The molecule has 0 unspecified atom stereocenters. The van der Waals surface area contributed by atoms with E-state index in [4.69, 9.17) is 11.6 Å². The zero-order chi connectivity index (χ0) is 17.1. The number of aromatic nitrogens is 2. The van der Waals surface area contributed by atoms with Crippen molar-refractivity contribution in [3.8, 4) is 0 Å². The van der Waals surface area contributed by atoms with Crippen molar-refractivity contribution in [3.05, 3.63) is 56.4 Å². The van der Waals surface area contributed by atoms with Crippen molar-refractivity contribution in [1.29, 1.82) is 0 Å². The monoisotopic (exact) mass is 336 g/mol. The van der Waals surface area contributed by atoms with Gasteiger partial charge in [-0.3, -0.25) is 19.6 Å². The fourth-order valence-electron chi connectivity index (χ4n) is 2.16. The summed E-state index contributed by atoms with van der Waals surface area (Å²) in [5.74, 6) is -0.324. The predicted molar refractivity (Wildman–Crippen MR) is 86.5 cm³/mol. The SMILES string of the molecule is CCn1cc(Cl)c(CN(C)C(=O)c2ccc(C)c([N+](=O)[O-])c2)n1. The van der Waals surface area contributed by atoms with Crippen molar-refractivity contribution in [2.24, 2.45) is 0 Å². The second-order valence-corrected chi connectivity index (χ2v) is 5.61. The minimum atomic E-state index is -0.494. The summed E-state index contributed by atoms with van der Waals surface area (Å²) in [5.41, 5.74) is 1.29. The molecule has 0 spiro atoms. The molecule has 0 aliphatic rings. The standard InChI is InChI=1S/C15H17ClN4O3/c1-4-19-8-12(16)13(17-19)9-18(3)15(21)11-6-5-10(2)14(7-11)20(22)23/h5-8H,4,9H2,1-3H3. The molecule has 23 heavy (non-hydrogen) atoms. The number of aryl methyl sites for hydroxylation is 2. The topological polar surface area (TPSA) is 81.3 Å². The summed E-state index contributed by atoms with van der Waals surface area (Å²) in [5, 5.41) is 15.8. The maximum atomic E-state index is 12.4. The number of hydrogen-bond donors (Lipinski definition) is 0. The molecule has 7 nitrogen and oxygen atoms in total. The predicted octanol–water partition coefficient (Wildman–Crippen LogP) is 3.05. The molecule has 0 saturated carbocycles. The second kappa shape index (κ2) is 6.78. The minimum absolute atomic E-state index is 0.0717. The zero-order valence-electron chi connectivity index (χ0n) is 13.1. The molecule has 0 N–H and O–H groups in total. The lowest BCUT2D eigenvalue weighted by Crippen LogP contribution is -2.26. The average molecular weight is 337 g/mol. The van der Waals surface area contributed by atoms with E-state index in [0.29, 0.717) is 22.8 Å². The van der Waals surface area contributed by atoms with Crippen LogP contribution in [-0.4, -0.2) is 32.6 Å². The fourth-order valence-corrected chi connectivity index (χ4v) is 2.37. The largest absolute Gasteiger partial charge is 0.336 e. The summed E-state index contributed by atoms with van der Waals surface area (Å²) in [6.45, 7) is 4.48. The van der Waals surface area contributed by atoms with Crippen LogP contribution >= 0.6 is 11.6 Å². The average Bonchev–Trinajstić information content (AvgIpc) is 2.87. The van der Waals surface area contributed by atoms with E-state index in [1.807, 2.05) is 6.92 Å². The van der Waals surface area contributed by atoms with Gasteiger partial charge in [-0.1, -0.05) is 17.7 Å². The Hall–Kier alpha value is -2.41. The smallest absolute Gasteiger partial charge is 0.273 e. The molecule has 1 aromatic heterocycles. The summed E-state index contributed by atoms with van der Waals surface area (Å²) >= 11 is 6.10. The van der Waals surface area contributed by atoms with Gasteiger partial charge in [0.1, 0.15) is 5.69 Å². The van der Waals surface area contributed by atoms with Gasteiger partial charge in [0.2, 0.25) is 0 Å². The van der Waals surface area contributed by atoms with E-state index >= 15 is 0 Å². The van der Waals surface area contributed by atoms with E-state index in [2.05, 4.69) is 5.10 Å². The Morgan fingerprint density at radius 1 is 1.48 bits per heavy atom. The third kappa shape index (κ3) is 3.68. The summed E-state index contributed by atoms with van der Waals surface area (Å²) in [6.07, 6.45) is 1.70. The molecule has 0 aliphatic carbocycles. The van der Waals surface area contributed by atoms with E-state index in [1.165, 1.54) is 11.0 Å². The molecule has 122 valence electrons. The van der Waals surface area contributed by atoms with Crippen molar-refractivity contribution in [1.82, 2.24) is 14.7 Å². The number of hydrogen-bond acceptors (Lipinski definition) is 4. The molecule has 0 atom stereocenters. The number of halogens is 1. The highest BCUT2D eigenvalue weighted by Crippen LogP contribution is 2.21. The molecule has 0 saturated heterocycles. The van der Waals surface area contributed by atoms with Crippen LogP contribution in [0.25, 0.3) is 0 Å². The summed E-state index contributed by atoms with van der Waals surface area (Å²) in [4.78, 5) is 24.4. The summed E-state index contributed by atoms with van der Waals surface area (Å²) in [6, 6.07) is 4.44. The highest BCUT2D eigenvalue weighted by molar-refractivity contribution is 6.31. The van der Waals surface area contributed by atoms with Gasteiger partial charge < -0.3 is 4.90 Å². The van der Waals surface area contributed by atoms with Crippen molar-refractivity contribution in [2.75, 3.05) is 7.05 Å². The van der Waals surface area contributed by atoms with Crippen molar-refractivity contribution < 1.29 is 9.72 Å². The molecule has 2 rings (SSSR count). The number of carbonyl (C=O) groups is 1. The molecule has 8 heteroatoms. The quantitative estimate of drug-likeness (QED) is 0.620. The molecule has 2 aromatic rings. The lowest BCUT2D eigenvalue weighted by Gasteiger charge is -2.16. The van der Waals surface area contributed by atoms with Crippen molar-refractivity contribution in [2.45, 2.75) is 26.9 Å². The van der Waals surface area contributed by atoms with Crippen LogP contribution in [0.2, 0.25) is 5.02 Å². The highest BCUT2D eigenvalue weighted by atomic mass is 35.5. The van der Waals surface area contributed by atoms with Crippen LogP contribution in [0.3, 0.4) is 0 Å². The number of benzene rings is 1. The lowest BCUT2D eigenvalue weighted by molar-refractivity contribution is -0.385. The maximum absolute atomic E-state index is 12.4. The van der Waals surface area contributed by atoms with Gasteiger partial charge in [0, 0.05) is 37.0 Å². The third-order valence-corrected chi connectivity index (χ3v) is 3.81. The zero-order valence-corrected chi connectivity index (χ0v) is 13.9. The van der Waals surface area contributed by atoms with Gasteiger partial charge in [0.25, 0.3) is 11.6 Å². The first kappa shape index (κ1) is 17.0. The first-order valence-corrected chi connectivity index (χ1v) is 7.43. The number of nitro benzene ring substituents is 1. The lowest BCUT2D eigenvalue weighted by atomic mass is 10.1. The number of rotatable bonds is 5. The number of nitro groups is 1. The van der Waals surface area contributed by atoms with Crippen LogP contribution in [0.5, 0.6) is 0 Å². The fraction of sp³-hybridized carbons (Fsp3) is 0.333. The van der Waals surface area contributed by atoms with Gasteiger partial charge in [-0.2, -0.15) is 5.10 Å². The van der Waals surface area contributed by atoms with Gasteiger partial charge in [-0.15, -0.1) is 0 Å². The van der Waals surface area contributed by atoms with E-state index < -0.39 is 4.92 Å². The Morgan fingerprint density at radius 3 is 2.74 bits per heavy atom. The van der Waals surface area contributed by atoms with Crippen molar-refractivity contribution >= 4 is 23.2 Å². The number of amides is 1. The van der Waals surface area contributed by atoms with E-state index in [1.54, 1.807) is 37.0 Å². The van der Waals surface area contributed by atoms with Gasteiger partial charge >= 0.3 is 0 Å². The molecule has 0 fully saturated rings. The third-order valence-electron chi connectivity index (χ3n) is 3.50. The first-order chi connectivity index (χ1) is 10.8. The van der Waals surface area contributed by atoms with Gasteiger partial charge in [0.15, 0.2) is 0 Å². The highest BCUT2D eigenvalue weighted by Gasteiger charge is 2.19. The van der Waals surface area contributed by atoms with Crippen LogP contribution < -0.4 is 0 Å². The van der Waals surface area contributed by atoms with Gasteiger partial charge in [-0.05, 0) is 19.9 Å². The Morgan fingerprint density at radius 2 is 2.17 bits per heavy atom.